The fourth-order valence-corrected chi connectivity index (χ4v) is 2.66. The number of anilines is 1. The predicted octanol–water partition coefficient (Wildman–Crippen LogP) is 2.48. The van der Waals surface area contributed by atoms with Crippen LogP contribution in [0.5, 0.6) is 0 Å². The Balaban J connectivity index is 2.26. The maximum absolute atomic E-state index is 11.2. The maximum atomic E-state index is 11.2. The molecule has 5 heteroatoms. The Kier molecular flexibility index (Phi) is 4.37. The fraction of sp³-hybridized carbons (Fsp3) is 0.571. The molecular formula is C14H21N3O2. The monoisotopic (exact) mass is 263 g/mol. The minimum absolute atomic E-state index is 0.208. The van der Waals surface area contributed by atoms with Crippen LogP contribution in [0.1, 0.15) is 24.8 Å². The number of benzene rings is 1. The summed E-state index contributed by atoms with van der Waals surface area (Å²) in [5.41, 5.74) is 1.86. The minimum atomic E-state index is -0.284. The molecule has 0 aliphatic carbocycles. The van der Waals surface area contributed by atoms with E-state index in [-0.39, 0.29) is 10.6 Å². The van der Waals surface area contributed by atoms with E-state index in [0.29, 0.717) is 6.04 Å². The van der Waals surface area contributed by atoms with Crippen LogP contribution in [0.3, 0.4) is 0 Å². The summed E-state index contributed by atoms with van der Waals surface area (Å²) in [6.45, 7) is 3.90. The standard InChI is InChI=1S/C14H21N3O2/c1-11-5-6-13(14(10-11)17(18)19)16(2)12-4-3-8-15-9-7-12/h5-6,10,12,15H,3-4,7-9H2,1-2H3. The Hall–Kier alpha value is -1.62. The lowest BCUT2D eigenvalue weighted by atomic mass is 10.1. The van der Waals surface area contributed by atoms with Crippen LogP contribution in [0.15, 0.2) is 18.2 Å². The van der Waals surface area contributed by atoms with Gasteiger partial charge in [-0.1, -0.05) is 6.07 Å². The van der Waals surface area contributed by atoms with Crippen molar-refractivity contribution in [2.24, 2.45) is 0 Å². The Bertz CT molecular complexity index is 454. The highest BCUT2D eigenvalue weighted by Gasteiger charge is 2.23. The second-order valence-electron chi connectivity index (χ2n) is 5.19. The van der Waals surface area contributed by atoms with Crippen molar-refractivity contribution in [3.63, 3.8) is 0 Å². The third-order valence-corrected chi connectivity index (χ3v) is 3.80. The highest BCUT2D eigenvalue weighted by molar-refractivity contribution is 5.64. The van der Waals surface area contributed by atoms with Crippen LogP contribution in [-0.2, 0) is 0 Å². The molecule has 0 radical (unpaired) electrons. The van der Waals surface area contributed by atoms with E-state index < -0.39 is 0 Å². The summed E-state index contributed by atoms with van der Waals surface area (Å²) >= 11 is 0. The molecule has 1 heterocycles. The lowest BCUT2D eigenvalue weighted by Gasteiger charge is -2.28. The van der Waals surface area contributed by atoms with E-state index in [0.717, 1.165) is 43.6 Å². The van der Waals surface area contributed by atoms with E-state index in [1.54, 1.807) is 6.07 Å². The molecule has 1 aliphatic rings. The number of aryl methyl sites for hydroxylation is 1. The molecule has 1 aliphatic heterocycles. The van der Waals surface area contributed by atoms with Gasteiger partial charge >= 0.3 is 0 Å². The van der Waals surface area contributed by atoms with Gasteiger partial charge < -0.3 is 10.2 Å². The first-order chi connectivity index (χ1) is 9.09. The van der Waals surface area contributed by atoms with Gasteiger partial charge in [-0.25, -0.2) is 0 Å². The number of nitro benzene ring substituents is 1. The molecule has 1 aromatic carbocycles. The molecule has 1 N–H and O–H groups in total. The van der Waals surface area contributed by atoms with E-state index in [4.69, 9.17) is 0 Å². The van der Waals surface area contributed by atoms with Gasteiger partial charge in [0, 0.05) is 19.2 Å². The Morgan fingerprint density at radius 1 is 1.37 bits per heavy atom. The first-order valence-electron chi connectivity index (χ1n) is 6.78. The van der Waals surface area contributed by atoms with Gasteiger partial charge in [0.25, 0.3) is 5.69 Å². The number of hydrogen-bond acceptors (Lipinski definition) is 4. The quantitative estimate of drug-likeness (QED) is 0.672. The third-order valence-electron chi connectivity index (χ3n) is 3.80. The highest BCUT2D eigenvalue weighted by Crippen LogP contribution is 2.31. The van der Waals surface area contributed by atoms with Crippen molar-refractivity contribution in [3.8, 4) is 0 Å². The summed E-state index contributed by atoms with van der Waals surface area (Å²) in [5, 5.41) is 14.6. The van der Waals surface area contributed by atoms with Gasteiger partial charge in [0.05, 0.1) is 4.92 Å². The summed E-state index contributed by atoms with van der Waals surface area (Å²) in [4.78, 5) is 13.0. The minimum Gasteiger partial charge on any atom is -0.366 e. The number of nitrogens with zero attached hydrogens (tertiary/aromatic N) is 2. The molecule has 0 amide bonds. The van der Waals surface area contributed by atoms with Crippen LogP contribution in [0.4, 0.5) is 11.4 Å². The molecule has 0 bridgehead atoms. The van der Waals surface area contributed by atoms with Crippen LogP contribution in [0, 0.1) is 17.0 Å². The first-order valence-corrected chi connectivity index (χ1v) is 6.78. The average Bonchev–Trinajstić information content (AvgIpc) is 2.66. The highest BCUT2D eigenvalue weighted by atomic mass is 16.6. The summed E-state index contributed by atoms with van der Waals surface area (Å²) in [6.07, 6.45) is 3.23. The number of nitro groups is 1. The molecule has 1 fully saturated rings. The van der Waals surface area contributed by atoms with E-state index in [1.807, 2.05) is 26.1 Å². The molecule has 2 rings (SSSR count). The molecule has 19 heavy (non-hydrogen) atoms. The van der Waals surface area contributed by atoms with E-state index >= 15 is 0 Å². The second kappa shape index (κ2) is 6.02. The lowest BCUT2D eigenvalue weighted by Crippen LogP contribution is -2.32. The number of hydrogen-bond donors (Lipinski definition) is 1. The predicted molar refractivity (Wildman–Crippen MR) is 76.7 cm³/mol. The smallest absolute Gasteiger partial charge is 0.292 e. The van der Waals surface area contributed by atoms with Gasteiger partial charge in [-0.05, 0) is 50.9 Å². The molecule has 0 saturated carbocycles. The van der Waals surface area contributed by atoms with E-state index in [9.17, 15) is 10.1 Å². The van der Waals surface area contributed by atoms with Crippen LogP contribution >= 0.6 is 0 Å². The summed E-state index contributed by atoms with van der Waals surface area (Å²) in [7, 11) is 1.97. The number of rotatable bonds is 3. The average molecular weight is 263 g/mol. The molecule has 5 nitrogen and oxygen atoms in total. The molecule has 0 spiro atoms. The summed E-state index contributed by atoms with van der Waals surface area (Å²) < 4.78 is 0. The van der Waals surface area contributed by atoms with Crippen LogP contribution in [0.2, 0.25) is 0 Å². The Morgan fingerprint density at radius 3 is 2.89 bits per heavy atom. The fourth-order valence-electron chi connectivity index (χ4n) is 2.66. The van der Waals surface area contributed by atoms with Crippen molar-refractivity contribution < 1.29 is 4.92 Å². The van der Waals surface area contributed by atoms with E-state index in [2.05, 4.69) is 10.2 Å². The lowest BCUT2D eigenvalue weighted by molar-refractivity contribution is -0.384. The normalized spacial score (nSPS) is 19.8. The zero-order chi connectivity index (χ0) is 13.8. The van der Waals surface area contributed by atoms with Gasteiger partial charge in [-0.3, -0.25) is 10.1 Å². The summed E-state index contributed by atoms with van der Waals surface area (Å²) in [6, 6.07) is 5.83. The molecule has 1 aromatic rings. The Labute approximate surface area is 113 Å². The largest absolute Gasteiger partial charge is 0.366 e. The van der Waals surface area contributed by atoms with Crippen LogP contribution < -0.4 is 10.2 Å². The van der Waals surface area contributed by atoms with Crippen molar-refractivity contribution in [3.05, 3.63) is 33.9 Å². The van der Waals surface area contributed by atoms with Gasteiger partial charge in [0.2, 0.25) is 0 Å². The Morgan fingerprint density at radius 2 is 2.16 bits per heavy atom. The van der Waals surface area contributed by atoms with Gasteiger partial charge in [0.15, 0.2) is 0 Å². The van der Waals surface area contributed by atoms with Gasteiger partial charge in [-0.2, -0.15) is 0 Å². The first kappa shape index (κ1) is 13.8. The van der Waals surface area contributed by atoms with Gasteiger partial charge in [0.1, 0.15) is 5.69 Å². The topological polar surface area (TPSA) is 58.4 Å². The third kappa shape index (κ3) is 3.23. The van der Waals surface area contributed by atoms with Crippen molar-refractivity contribution in [2.45, 2.75) is 32.2 Å². The molecule has 1 saturated heterocycles. The SMILES string of the molecule is Cc1ccc(N(C)C2CCCNCC2)c([N+](=O)[O-])c1. The molecule has 0 aromatic heterocycles. The zero-order valence-electron chi connectivity index (χ0n) is 11.6. The summed E-state index contributed by atoms with van der Waals surface area (Å²) in [5.74, 6) is 0. The number of nitrogens with one attached hydrogen (secondary N) is 1. The molecule has 104 valence electrons. The zero-order valence-corrected chi connectivity index (χ0v) is 11.6. The van der Waals surface area contributed by atoms with Crippen molar-refractivity contribution in [2.75, 3.05) is 25.0 Å². The molecule has 1 atom stereocenters. The van der Waals surface area contributed by atoms with Gasteiger partial charge in [-0.15, -0.1) is 0 Å². The van der Waals surface area contributed by atoms with Crippen LogP contribution in [0.25, 0.3) is 0 Å². The van der Waals surface area contributed by atoms with Crippen molar-refractivity contribution in [1.29, 1.82) is 0 Å². The molecule has 1 unspecified atom stereocenters. The maximum Gasteiger partial charge on any atom is 0.292 e. The van der Waals surface area contributed by atoms with Crippen molar-refractivity contribution >= 4 is 11.4 Å². The van der Waals surface area contributed by atoms with E-state index in [1.165, 1.54) is 0 Å². The molecular weight excluding hydrogens is 242 g/mol. The van der Waals surface area contributed by atoms with Crippen LogP contribution in [-0.4, -0.2) is 31.1 Å². The second-order valence-corrected chi connectivity index (χ2v) is 5.19. The van der Waals surface area contributed by atoms with Crippen molar-refractivity contribution in [1.82, 2.24) is 5.32 Å².